The van der Waals surface area contributed by atoms with Gasteiger partial charge in [0.05, 0.1) is 6.54 Å². The van der Waals surface area contributed by atoms with Crippen LogP contribution in [0.4, 0.5) is 5.82 Å². The van der Waals surface area contributed by atoms with E-state index < -0.39 is 12.0 Å². The summed E-state index contributed by atoms with van der Waals surface area (Å²) in [6.07, 6.45) is -1.26. The van der Waals surface area contributed by atoms with Gasteiger partial charge in [0.25, 0.3) is 0 Å². The van der Waals surface area contributed by atoms with Gasteiger partial charge in [0.15, 0.2) is 5.65 Å². The van der Waals surface area contributed by atoms with Crippen molar-refractivity contribution in [2.75, 3.05) is 11.9 Å². The van der Waals surface area contributed by atoms with Gasteiger partial charge in [-0.05, 0) is 22.6 Å². The Morgan fingerprint density at radius 2 is 2.44 bits per heavy atom. The van der Waals surface area contributed by atoms with Gasteiger partial charge < -0.3 is 16.2 Å². The molecule has 0 spiro atoms. The molecular formula is C7H9N7O2. The maximum Gasteiger partial charge on any atom is 0.248 e. The maximum absolute atomic E-state index is 10.6. The molecule has 1 unspecified atom stereocenters. The van der Waals surface area contributed by atoms with Crippen molar-refractivity contribution in [1.29, 1.82) is 0 Å². The Bertz CT molecular complexity index is 510. The number of nitrogens with zero attached hydrogens (tertiary/aromatic N) is 5. The van der Waals surface area contributed by atoms with E-state index in [4.69, 9.17) is 10.8 Å². The number of tetrazole rings is 1. The number of aromatic nitrogens is 5. The van der Waals surface area contributed by atoms with Gasteiger partial charge in [-0.3, -0.25) is 4.79 Å². The van der Waals surface area contributed by atoms with E-state index in [1.54, 1.807) is 12.1 Å². The number of rotatable bonds is 4. The Labute approximate surface area is 89.2 Å². The van der Waals surface area contributed by atoms with Gasteiger partial charge in [-0.2, -0.15) is 0 Å². The number of fused-ring (bicyclic) bond motifs is 1. The molecule has 4 N–H and O–H groups in total. The number of hydrogen-bond donors (Lipinski definition) is 3. The minimum atomic E-state index is -1.26. The highest BCUT2D eigenvalue weighted by molar-refractivity contribution is 5.79. The molecule has 2 aromatic rings. The number of nitrogens with one attached hydrogen (secondary N) is 1. The fraction of sp³-hybridized carbons (Fsp3) is 0.286. The van der Waals surface area contributed by atoms with Crippen LogP contribution in [0.3, 0.4) is 0 Å². The van der Waals surface area contributed by atoms with E-state index in [1.165, 1.54) is 4.63 Å². The van der Waals surface area contributed by atoms with Gasteiger partial charge in [0, 0.05) is 0 Å². The summed E-state index contributed by atoms with van der Waals surface area (Å²) in [4.78, 5) is 10.6. The summed E-state index contributed by atoms with van der Waals surface area (Å²) >= 11 is 0. The van der Waals surface area contributed by atoms with E-state index in [9.17, 15) is 4.79 Å². The molecule has 0 aliphatic rings. The van der Waals surface area contributed by atoms with Crippen LogP contribution in [0.1, 0.15) is 0 Å². The molecule has 0 aliphatic heterocycles. The first-order valence-electron chi connectivity index (χ1n) is 4.43. The van der Waals surface area contributed by atoms with Crippen molar-refractivity contribution in [2.24, 2.45) is 5.73 Å². The van der Waals surface area contributed by atoms with Crippen molar-refractivity contribution in [2.45, 2.75) is 6.10 Å². The summed E-state index contributed by atoms with van der Waals surface area (Å²) in [7, 11) is 0. The standard InChI is InChI=1S/C7H9N7O2/c8-7(16)4(15)3-9-5-1-2-6-10-12-13-14(6)11-5/h1-2,4,15H,3H2,(H2,8,16)(H,9,11). The molecule has 0 radical (unpaired) electrons. The summed E-state index contributed by atoms with van der Waals surface area (Å²) in [6.45, 7) is -0.0179. The average molecular weight is 223 g/mol. The third-order valence-corrected chi connectivity index (χ3v) is 1.87. The number of nitrogens with two attached hydrogens (primary N) is 1. The van der Waals surface area contributed by atoms with Crippen LogP contribution in [0.2, 0.25) is 0 Å². The van der Waals surface area contributed by atoms with Crippen LogP contribution in [0, 0.1) is 0 Å². The fourth-order valence-electron chi connectivity index (χ4n) is 1.05. The number of primary amides is 1. The van der Waals surface area contributed by atoms with Crippen molar-refractivity contribution < 1.29 is 9.90 Å². The third kappa shape index (κ3) is 2.03. The molecule has 84 valence electrons. The first-order valence-corrected chi connectivity index (χ1v) is 4.43. The second kappa shape index (κ2) is 4.06. The van der Waals surface area contributed by atoms with Crippen molar-refractivity contribution >= 4 is 17.4 Å². The number of hydrogen-bond acceptors (Lipinski definition) is 7. The molecule has 0 aromatic carbocycles. The lowest BCUT2D eigenvalue weighted by atomic mass is 10.3. The monoisotopic (exact) mass is 223 g/mol. The van der Waals surface area contributed by atoms with Crippen LogP contribution >= 0.6 is 0 Å². The van der Waals surface area contributed by atoms with Crippen molar-refractivity contribution in [3.8, 4) is 0 Å². The van der Waals surface area contributed by atoms with Crippen LogP contribution in [0.5, 0.6) is 0 Å². The van der Waals surface area contributed by atoms with Crippen molar-refractivity contribution in [3.05, 3.63) is 12.1 Å². The number of aliphatic hydroxyl groups excluding tert-OH is 1. The van der Waals surface area contributed by atoms with Crippen molar-refractivity contribution in [1.82, 2.24) is 25.3 Å². The Morgan fingerprint density at radius 3 is 3.19 bits per heavy atom. The number of anilines is 1. The van der Waals surface area contributed by atoms with E-state index in [1.807, 2.05) is 0 Å². The topological polar surface area (TPSA) is 131 Å². The lowest BCUT2D eigenvalue weighted by Crippen LogP contribution is -2.34. The van der Waals surface area contributed by atoms with E-state index in [0.717, 1.165) is 0 Å². The molecule has 0 bridgehead atoms. The normalized spacial score (nSPS) is 12.6. The summed E-state index contributed by atoms with van der Waals surface area (Å²) in [5.41, 5.74) is 5.39. The molecule has 0 fully saturated rings. The van der Waals surface area contributed by atoms with Gasteiger partial charge >= 0.3 is 0 Å². The molecule has 2 heterocycles. The van der Waals surface area contributed by atoms with Crippen molar-refractivity contribution in [3.63, 3.8) is 0 Å². The van der Waals surface area contributed by atoms with Crippen LogP contribution in [-0.2, 0) is 4.79 Å². The second-order valence-corrected chi connectivity index (χ2v) is 3.04. The highest BCUT2D eigenvalue weighted by Crippen LogP contribution is 2.02. The highest BCUT2D eigenvalue weighted by atomic mass is 16.3. The van der Waals surface area contributed by atoms with Crippen LogP contribution in [-0.4, -0.2) is 48.9 Å². The van der Waals surface area contributed by atoms with Gasteiger partial charge in [-0.25, -0.2) is 0 Å². The summed E-state index contributed by atoms with van der Waals surface area (Å²) < 4.78 is 1.22. The van der Waals surface area contributed by atoms with E-state index >= 15 is 0 Å². The largest absolute Gasteiger partial charge is 0.381 e. The molecule has 1 amide bonds. The molecule has 9 heteroatoms. The van der Waals surface area contributed by atoms with Gasteiger partial charge in [0.1, 0.15) is 11.9 Å². The Morgan fingerprint density at radius 1 is 1.62 bits per heavy atom. The molecule has 0 saturated heterocycles. The quantitative estimate of drug-likeness (QED) is 0.534. The average Bonchev–Trinajstić information content (AvgIpc) is 2.72. The van der Waals surface area contributed by atoms with E-state index in [2.05, 4.69) is 25.9 Å². The first-order chi connectivity index (χ1) is 7.66. The van der Waals surface area contributed by atoms with E-state index in [0.29, 0.717) is 11.5 Å². The Balaban J connectivity index is 2.06. The zero-order valence-corrected chi connectivity index (χ0v) is 8.11. The maximum atomic E-state index is 10.6. The molecular weight excluding hydrogens is 214 g/mol. The number of carbonyl (C=O) groups excluding carboxylic acids is 1. The molecule has 2 aromatic heterocycles. The Kier molecular flexibility index (Phi) is 2.60. The SMILES string of the molecule is NC(=O)C(O)CNc1ccc2nnnn2n1. The fourth-order valence-corrected chi connectivity index (χ4v) is 1.05. The number of amides is 1. The molecule has 0 saturated carbocycles. The zero-order valence-electron chi connectivity index (χ0n) is 8.11. The molecule has 2 rings (SSSR count). The zero-order chi connectivity index (χ0) is 11.5. The minimum absolute atomic E-state index is 0.0179. The molecule has 16 heavy (non-hydrogen) atoms. The highest BCUT2D eigenvalue weighted by Gasteiger charge is 2.10. The third-order valence-electron chi connectivity index (χ3n) is 1.87. The minimum Gasteiger partial charge on any atom is -0.381 e. The predicted octanol–water partition coefficient (Wildman–Crippen LogP) is -2.22. The van der Waals surface area contributed by atoms with Crippen LogP contribution in [0.25, 0.3) is 5.65 Å². The van der Waals surface area contributed by atoms with Crippen LogP contribution in [0.15, 0.2) is 12.1 Å². The summed E-state index contributed by atoms with van der Waals surface area (Å²) in [5, 5.41) is 26.5. The van der Waals surface area contributed by atoms with E-state index in [-0.39, 0.29) is 6.54 Å². The van der Waals surface area contributed by atoms with Crippen LogP contribution < -0.4 is 11.1 Å². The second-order valence-electron chi connectivity index (χ2n) is 3.04. The summed E-state index contributed by atoms with van der Waals surface area (Å²) in [6, 6.07) is 3.27. The lowest BCUT2D eigenvalue weighted by Gasteiger charge is -2.08. The van der Waals surface area contributed by atoms with Gasteiger partial charge in [-0.1, -0.05) is 0 Å². The first kappa shape index (κ1) is 10.2. The summed E-state index contributed by atoms with van der Waals surface area (Å²) in [5.74, 6) is -0.365. The molecule has 0 aliphatic carbocycles. The van der Waals surface area contributed by atoms with Gasteiger partial charge in [-0.15, -0.1) is 14.8 Å². The lowest BCUT2D eigenvalue weighted by molar-refractivity contribution is -0.125. The number of carbonyl (C=O) groups is 1. The predicted molar refractivity (Wildman–Crippen MR) is 52.3 cm³/mol. The Hall–Kier alpha value is -2.29. The molecule has 9 nitrogen and oxygen atoms in total. The number of aliphatic hydroxyl groups is 1. The molecule has 1 atom stereocenters. The smallest absolute Gasteiger partial charge is 0.248 e. The van der Waals surface area contributed by atoms with Gasteiger partial charge in [0.2, 0.25) is 5.91 Å².